The SMILES string of the molecule is COC(=O)c1cccc(Cn2cc(COc3cccc4c3CN(C3CCC(=O)NC3=O)C4=O)nn2)c1. The number of amides is 3. The quantitative estimate of drug-likeness (QED) is 0.390. The molecule has 1 unspecified atom stereocenters. The minimum atomic E-state index is -0.687. The van der Waals surface area contributed by atoms with Crippen molar-refractivity contribution in [1.82, 2.24) is 25.2 Å². The molecule has 2 aliphatic rings. The van der Waals surface area contributed by atoms with E-state index in [9.17, 15) is 19.2 Å². The van der Waals surface area contributed by atoms with Crippen molar-refractivity contribution >= 4 is 23.7 Å². The van der Waals surface area contributed by atoms with Gasteiger partial charge in [-0.15, -0.1) is 5.10 Å². The highest BCUT2D eigenvalue weighted by Crippen LogP contribution is 2.33. The average Bonchev–Trinajstić information content (AvgIpc) is 3.46. The Balaban J connectivity index is 1.25. The summed E-state index contributed by atoms with van der Waals surface area (Å²) in [5.41, 5.74) is 3.08. The first kappa shape index (κ1) is 23.2. The molecule has 0 aliphatic carbocycles. The van der Waals surface area contributed by atoms with E-state index in [1.165, 1.54) is 12.0 Å². The van der Waals surface area contributed by atoms with Gasteiger partial charge in [-0.2, -0.15) is 0 Å². The van der Waals surface area contributed by atoms with Gasteiger partial charge in [0, 0.05) is 17.5 Å². The predicted molar refractivity (Wildman–Crippen MR) is 124 cm³/mol. The molecular weight excluding hydrogens is 466 g/mol. The van der Waals surface area contributed by atoms with Crippen LogP contribution in [0, 0.1) is 0 Å². The molecule has 1 saturated heterocycles. The number of ether oxygens (including phenoxy) is 2. The Morgan fingerprint density at radius 2 is 2.00 bits per heavy atom. The van der Waals surface area contributed by atoms with Gasteiger partial charge in [0.25, 0.3) is 5.91 Å². The van der Waals surface area contributed by atoms with Gasteiger partial charge in [-0.1, -0.05) is 23.4 Å². The molecule has 11 nitrogen and oxygen atoms in total. The van der Waals surface area contributed by atoms with E-state index in [4.69, 9.17) is 9.47 Å². The molecular formula is C25H23N5O6. The molecule has 2 aromatic carbocycles. The van der Waals surface area contributed by atoms with Gasteiger partial charge in [0.2, 0.25) is 11.8 Å². The number of fused-ring (bicyclic) bond motifs is 1. The lowest BCUT2D eigenvalue weighted by Crippen LogP contribution is -2.52. The first-order valence-corrected chi connectivity index (χ1v) is 11.4. The first-order valence-electron chi connectivity index (χ1n) is 11.4. The van der Waals surface area contributed by atoms with E-state index in [2.05, 4.69) is 15.6 Å². The molecule has 1 aromatic heterocycles. The van der Waals surface area contributed by atoms with Crippen LogP contribution in [0.25, 0.3) is 0 Å². The van der Waals surface area contributed by atoms with Crippen molar-refractivity contribution in [1.29, 1.82) is 0 Å². The number of carbonyl (C=O) groups is 4. The number of hydrogen-bond donors (Lipinski definition) is 1. The van der Waals surface area contributed by atoms with E-state index in [0.29, 0.717) is 41.1 Å². The maximum atomic E-state index is 13.0. The Labute approximate surface area is 206 Å². The smallest absolute Gasteiger partial charge is 0.337 e. The van der Waals surface area contributed by atoms with Crippen LogP contribution in [0.15, 0.2) is 48.7 Å². The lowest BCUT2D eigenvalue weighted by atomic mass is 10.0. The maximum Gasteiger partial charge on any atom is 0.337 e. The molecule has 11 heteroatoms. The summed E-state index contributed by atoms with van der Waals surface area (Å²) in [5.74, 6) is -0.923. The van der Waals surface area contributed by atoms with Crippen LogP contribution in [0.4, 0.5) is 0 Å². The van der Waals surface area contributed by atoms with E-state index in [0.717, 1.165) is 5.56 Å². The van der Waals surface area contributed by atoms with E-state index >= 15 is 0 Å². The summed E-state index contributed by atoms with van der Waals surface area (Å²) in [4.78, 5) is 50.0. The van der Waals surface area contributed by atoms with Crippen molar-refractivity contribution in [3.63, 3.8) is 0 Å². The molecule has 0 saturated carbocycles. The highest BCUT2D eigenvalue weighted by atomic mass is 16.5. The van der Waals surface area contributed by atoms with Crippen LogP contribution in [0.5, 0.6) is 5.75 Å². The fourth-order valence-corrected chi connectivity index (χ4v) is 4.43. The van der Waals surface area contributed by atoms with Crippen molar-refractivity contribution in [2.24, 2.45) is 0 Å². The van der Waals surface area contributed by atoms with E-state index in [1.54, 1.807) is 47.3 Å². The molecule has 3 aromatic rings. The average molecular weight is 489 g/mol. The van der Waals surface area contributed by atoms with Crippen molar-refractivity contribution in [2.45, 2.75) is 38.6 Å². The summed E-state index contributed by atoms with van der Waals surface area (Å²) < 4.78 is 12.4. The van der Waals surface area contributed by atoms with Crippen LogP contribution in [0.1, 0.15) is 50.4 Å². The number of esters is 1. The van der Waals surface area contributed by atoms with Gasteiger partial charge in [0.15, 0.2) is 0 Å². The van der Waals surface area contributed by atoms with Gasteiger partial charge in [-0.3, -0.25) is 19.7 Å². The van der Waals surface area contributed by atoms with Gasteiger partial charge in [-0.25, -0.2) is 9.48 Å². The number of piperidine rings is 1. The van der Waals surface area contributed by atoms with Crippen molar-refractivity contribution in [3.05, 3.63) is 76.6 Å². The van der Waals surface area contributed by atoms with Crippen LogP contribution in [0.2, 0.25) is 0 Å². The number of rotatable bonds is 7. The molecule has 0 bridgehead atoms. The Hall–Kier alpha value is -4.54. The third kappa shape index (κ3) is 4.54. The Morgan fingerprint density at radius 3 is 2.81 bits per heavy atom. The van der Waals surface area contributed by atoms with Gasteiger partial charge in [0.1, 0.15) is 24.1 Å². The zero-order valence-electron chi connectivity index (χ0n) is 19.5. The Kier molecular flexibility index (Phi) is 6.19. The number of aromatic nitrogens is 3. The summed E-state index contributed by atoms with van der Waals surface area (Å²) in [6, 6.07) is 11.6. The zero-order chi connectivity index (χ0) is 25.2. The summed E-state index contributed by atoms with van der Waals surface area (Å²) in [6.45, 7) is 0.763. The molecule has 36 heavy (non-hydrogen) atoms. The number of hydrogen-bond acceptors (Lipinski definition) is 8. The third-order valence-corrected chi connectivity index (χ3v) is 6.19. The normalized spacial score (nSPS) is 17.1. The lowest BCUT2D eigenvalue weighted by molar-refractivity contribution is -0.136. The molecule has 2 aliphatic heterocycles. The van der Waals surface area contributed by atoms with Crippen molar-refractivity contribution in [2.75, 3.05) is 7.11 Å². The second-order valence-corrected chi connectivity index (χ2v) is 8.57. The molecule has 1 N–H and O–H groups in total. The molecule has 3 amide bonds. The standard InChI is InChI=1S/C25H23N5O6/c1-35-25(34)16-5-2-4-15(10-16)11-29-12-17(27-28-29)14-36-21-7-3-6-18-19(21)13-30(24(18)33)20-8-9-22(31)26-23(20)32/h2-7,10,12,20H,8-9,11,13-14H2,1H3,(H,26,31,32). The third-order valence-electron chi connectivity index (χ3n) is 6.19. The summed E-state index contributed by atoms with van der Waals surface area (Å²) in [5, 5.41) is 10.6. The topological polar surface area (TPSA) is 133 Å². The lowest BCUT2D eigenvalue weighted by Gasteiger charge is -2.29. The predicted octanol–water partition coefficient (Wildman–Crippen LogP) is 1.45. The molecule has 184 valence electrons. The highest BCUT2D eigenvalue weighted by Gasteiger charge is 2.40. The number of imide groups is 1. The molecule has 0 radical (unpaired) electrons. The Morgan fingerprint density at radius 1 is 1.17 bits per heavy atom. The molecule has 1 fully saturated rings. The monoisotopic (exact) mass is 489 g/mol. The number of benzene rings is 2. The van der Waals surface area contributed by atoms with E-state index < -0.39 is 17.9 Å². The number of carbonyl (C=O) groups excluding carboxylic acids is 4. The van der Waals surface area contributed by atoms with Gasteiger partial charge >= 0.3 is 5.97 Å². The fraction of sp³-hybridized carbons (Fsp3) is 0.280. The second-order valence-electron chi connectivity index (χ2n) is 8.57. The van der Waals surface area contributed by atoms with Crippen molar-refractivity contribution in [3.8, 4) is 5.75 Å². The van der Waals surface area contributed by atoms with Gasteiger partial charge < -0.3 is 14.4 Å². The van der Waals surface area contributed by atoms with Crippen LogP contribution < -0.4 is 10.1 Å². The highest BCUT2D eigenvalue weighted by molar-refractivity contribution is 6.05. The van der Waals surface area contributed by atoms with E-state index in [1.807, 2.05) is 6.07 Å². The number of nitrogens with zero attached hydrogens (tertiary/aromatic N) is 4. The molecule has 0 spiro atoms. The number of methoxy groups -OCH3 is 1. The zero-order valence-corrected chi connectivity index (χ0v) is 19.5. The van der Waals surface area contributed by atoms with Crippen molar-refractivity contribution < 1.29 is 28.7 Å². The van der Waals surface area contributed by atoms with Crippen LogP contribution >= 0.6 is 0 Å². The van der Waals surface area contributed by atoms with Crippen LogP contribution in [-0.2, 0) is 34.0 Å². The van der Waals surface area contributed by atoms with Crippen LogP contribution in [-0.4, -0.2) is 56.7 Å². The summed E-state index contributed by atoms with van der Waals surface area (Å²) >= 11 is 0. The summed E-state index contributed by atoms with van der Waals surface area (Å²) in [6.07, 6.45) is 2.24. The second kappa shape index (κ2) is 9.61. The van der Waals surface area contributed by atoms with E-state index in [-0.39, 0.29) is 31.4 Å². The molecule has 5 rings (SSSR count). The fourth-order valence-electron chi connectivity index (χ4n) is 4.43. The van der Waals surface area contributed by atoms with Gasteiger partial charge in [-0.05, 0) is 36.2 Å². The maximum absolute atomic E-state index is 13.0. The van der Waals surface area contributed by atoms with Crippen LogP contribution in [0.3, 0.4) is 0 Å². The molecule has 3 heterocycles. The Bertz CT molecular complexity index is 1370. The minimum absolute atomic E-state index is 0.130. The summed E-state index contributed by atoms with van der Waals surface area (Å²) in [7, 11) is 1.34. The first-order chi connectivity index (χ1) is 17.4. The van der Waals surface area contributed by atoms with Gasteiger partial charge in [0.05, 0.1) is 32.0 Å². The largest absolute Gasteiger partial charge is 0.487 e. The minimum Gasteiger partial charge on any atom is -0.487 e. The molecule has 1 atom stereocenters. The number of nitrogens with one attached hydrogen (secondary N) is 1.